The van der Waals surface area contributed by atoms with E-state index in [4.69, 9.17) is 20.4 Å². The van der Waals surface area contributed by atoms with Gasteiger partial charge in [0.15, 0.2) is 5.84 Å². The molecule has 0 aliphatic carbocycles. The van der Waals surface area contributed by atoms with Crippen molar-refractivity contribution in [1.82, 2.24) is 40.3 Å². The number of carbonyl (C=O) groups is 4. The summed E-state index contributed by atoms with van der Waals surface area (Å²) in [6.07, 6.45) is -6.86. The summed E-state index contributed by atoms with van der Waals surface area (Å²) in [6, 6.07) is 12.9. The van der Waals surface area contributed by atoms with E-state index in [1.165, 1.54) is 9.36 Å². The zero-order chi connectivity index (χ0) is 43.0. The number of rotatable bonds is 9. The maximum Gasteiger partial charge on any atom is 0.381 e. The molecule has 0 bridgehead atoms. The lowest BCUT2D eigenvalue weighted by molar-refractivity contribution is -0.174. The summed E-state index contributed by atoms with van der Waals surface area (Å²) in [4.78, 5) is 47.6. The van der Waals surface area contributed by atoms with Gasteiger partial charge in [0.05, 0.1) is 12.1 Å². The third-order valence-electron chi connectivity index (χ3n) is 8.15. The second-order valence-corrected chi connectivity index (χ2v) is 11.9. The van der Waals surface area contributed by atoms with E-state index in [9.17, 15) is 45.5 Å². The summed E-state index contributed by atoms with van der Waals surface area (Å²) in [6.45, 7) is 0.593. The fourth-order valence-electron chi connectivity index (χ4n) is 5.30. The molecule has 25 heteroatoms. The topological polar surface area (TPSA) is 253 Å². The molecular formula is C34H30F6N10O9. The number of nitrogens with one attached hydrogen (secondary N) is 2. The van der Waals surface area contributed by atoms with Gasteiger partial charge in [-0.15, -0.1) is 0 Å². The molecular weight excluding hydrogens is 806 g/mol. The number of nitrogens with zero attached hydrogens (tertiary/aromatic N) is 7. The van der Waals surface area contributed by atoms with E-state index in [2.05, 4.69) is 45.4 Å². The van der Waals surface area contributed by atoms with Gasteiger partial charge < -0.3 is 40.3 Å². The number of alkyl halides is 6. The number of ether oxygens (including phenoxy) is 3. The van der Waals surface area contributed by atoms with Crippen molar-refractivity contribution in [3.05, 3.63) is 94.9 Å². The minimum Gasteiger partial charge on any atom is -0.491 e. The van der Waals surface area contributed by atoms with Crippen LogP contribution in [0.5, 0.6) is 11.5 Å². The molecule has 0 spiro atoms. The summed E-state index contributed by atoms with van der Waals surface area (Å²) in [7, 11) is 3.39. The van der Waals surface area contributed by atoms with Crippen molar-refractivity contribution in [2.24, 2.45) is 25.0 Å². The quantitative estimate of drug-likeness (QED) is 0.0317. The Morgan fingerprint density at radius 2 is 1.32 bits per heavy atom. The van der Waals surface area contributed by atoms with Crippen LogP contribution in [0.3, 0.4) is 0 Å². The summed E-state index contributed by atoms with van der Waals surface area (Å²) < 4.78 is 91.5. The highest BCUT2D eigenvalue weighted by molar-refractivity contribution is 5.97. The highest BCUT2D eigenvalue weighted by Gasteiger charge is 2.30. The zero-order valence-corrected chi connectivity index (χ0v) is 30.3. The number of nitrogens with two attached hydrogens (primary N) is 1. The Labute approximate surface area is 326 Å². The second-order valence-electron chi connectivity index (χ2n) is 11.9. The highest BCUT2D eigenvalue weighted by atomic mass is 19.3. The highest BCUT2D eigenvalue weighted by Crippen LogP contribution is 2.36. The molecule has 312 valence electrons. The standard InChI is InChI=1S/C16H13F2N5O3.C14H15N5O3.C4H2F4O3/c1-23-11(4-5-19-23)15(24)20-10-7-25-12-6-8(2-3-9(10)12)14-21-16(13(17)18)26-22-14;1-19-11(4-5-16-19)14(20)17-10-7-22-12-6-8(13(15)18-21)2-3-9(10)12;5-1(6)3(9)11-4(10)2(7)8/h2-6,10,13H,7H2,1H3,(H,20,24);2-6,10,21H,7H2,1H3,(H2,15,18)(H,17,20);1-2H. The van der Waals surface area contributed by atoms with Crippen molar-refractivity contribution in [3.63, 3.8) is 0 Å². The number of benzene rings is 2. The molecule has 5 N–H and O–H groups in total. The van der Waals surface area contributed by atoms with Crippen LogP contribution in [0, 0.1) is 0 Å². The molecule has 2 unspecified atom stereocenters. The maximum absolute atomic E-state index is 12.6. The molecule has 59 heavy (non-hydrogen) atoms. The van der Waals surface area contributed by atoms with Crippen molar-refractivity contribution >= 4 is 29.6 Å². The smallest absolute Gasteiger partial charge is 0.381 e. The molecule has 0 fully saturated rings. The Kier molecular flexibility index (Phi) is 13.5. The fraction of sp³-hybridized carbons (Fsp3) is 0.265. The Balaban J connectivity index is 0.000000182. The Hall–Kier alpha value is -7.47. The van der Waals surface area contributed by atoms with Crippen LogP contribution in [-0.4, -0.2) is 90.6 Å². The number of esters is 2. The molecule has 2 aromatic carbocycles. The SMILES string of the molecule is Cn1nccc1C(=O)NC1COc2cc(-c3noc(C(F)F)n3)ccc21.Cn1nccc1C(=O)NC1COc2cc(C(N)=NO)ccc21.O=C(OC(=O)C(F)F)C(F)F. The summed E-state index contributed by atoms with van der Waals surface area (Å²) in [5.41, 5.74) is 9.13. The van der Waals surface area contributed by atoms with Crippen molar-refractivity contribution in [2.75, 3.05) is 13.2 Å². The van der Waals surface area contributed by atoms with Gasteiger partial charge in [-0.2, -0.15) is 41.5 Å². The average molecular weight is 837 g/mol. The Bertz CT molecular complexity index is 2330. The first kappa shape index (κ1) is 42.7. The minimum absolute atomic E-state index is 0.00812. The number of fused-ring (bicyclic) bond motifs is 2. The van der Waals surface area contributed by atoms with E-state index in [0.717, 1.165) is 11.1 Å². The molecule has 7 rings (SSSR count). The summed E-state index contributed by atoms with van der Waals surface area (Å²) in [5, 5.41) is 28.9. The van der Waals surface area contributed by atoms with Gasteiger partial charge in [0.25, 0.3) is 17.7 Å². The fourth-order valence-corrected chi connectivity index (χ4v) is 5.30. The predicted molar refractivity (Wildman–Crippen MR) is 185 cm³/mol. The van der Waals surface area contributed by atoms with Crippen LogP contribution in [0.2, 0.25) is 0 Å². The molecule has 3 aromatic heterocycles. The number of carbonyl (C=O) groups excluding carboxylic acids is 4. The van der Waals surface area contributed by atoms with Gasteiger partial charge in [0.1, 0.15) is 36.1 Å². The molecule has 2 atom stereocenters. The van der Waals surface area contributed by atoms with Gasteiger partial charge in [0.2, 0.25) is 5.82 Å². The molecule has 19 nitrogen and oxygen atoms in total. The number of aryl methyl sites for hydroxylation is 2. The normalized spacial score (nSPS) is 15.2. The molecule has 0 radical (unpaired) electrons. The number of halogens is 6. The van der Waals surface area contributed by atoms with E-state index in [-0.39, 0.29) is 42.2 Å². The summed E-state index contributed by atoms with van der Waals surface area (Å²) >= 11 is 0. The molecule has 2 aliphatic heterocycles. The van der Waals surface area contributed by atoms with Gasteiger partial charge in [-0.1, -0.05) is 34.6 Å². The monoisotopic (exact) mass is 836 g/mol. The van der Waals surface area contributed by atoms with E-state index in [1.54, 1.807) is 75.0 Å². The van der Waals surface area contributed by atoms with Gasteiger partial charge in [-0.25, -0.2) is 9.59 Å². The summed E-state index contributed by atoms with van der Waals surface area (Å²) in [5.74, 6) is -4.56. The average Bonchev–Trinajstić information content (AvgIpc) is 4.07. The molecule has 0 saturated heterocycles. The van der Waals surface area contributed by atoms with Gasteiger partial charge in [-0.3, -0.25) is 19.0 Å². The van der Waals surface area contributed by atoms with Crippen LogP contribution >= 0.6 is 0 Å². The van der Waals surface area contributed by atoms with Gasteiger partial charge >= 0.3 is 31.2 Å². The zero-order valence-electron chi connectivity index (χ0n) is 30.3. The predicted octanol–water partition coefficient (Wildman–Crippen LogP) is 3.24. The molecule has 0 saturated carbocycles. The number of amidine groups is 1. The third-order valence-corrected chi connectivity index (χ3v) is 8.15. The Morgan fingerprint density at radius 1 is 0.814 bits per heavy atom. The van der Waals surface area contributed by atoms with Crippen molar-refractivity contribution < 1.29 is 69.5 Å². The van der Waals surface area contributed by atoms with Crippen LogP contribution in [-0.2, 0) is 28.4 Å². The molecule has 2 aliphatic rings. The van der Waals surface area contributed by atoms with Crippen molar-refractivity contribution in [2.45, 2.75) is 31.4 Å². The lowest BCUT2D eigenvalue weighted by Gasteiger charge is -2.12. The van der Waals surface area contributed by atoms with Gasteiger partial charge in [0, 0.05) is 48.7 Å². The first-order chi connectivity index (χ1) is 28.1. The third kappa shape index (κ3) is 10.3. The molecule has 5 heterocycles. The first-order valence-corrected chi connectivity index (χ1v) is 16.6. The molecule has 2 amide bonds. The van der Waals surface area contributed by atoms with E-state index in [0.29, 0.717) is 40.6 Å². The van der Waals surface area contributed by atoms with E-state index < -0.39 is 37.1 Å². The maximum atomic E-state index is 12.6. The van der Waals surface area contributed by atoms with E-state index >= 15 is 0 Å². The number of hydrogen-bond acceptors (Lipinski definition) is 14. The lowest BCUT2D eigenvalue weighted by atomic mass is 10.1. The van der Waals surface area contributed by atoms with Crippen LogP contribution in [0.1, 0.15) is 62.1 Å². The lowest BCUT2D eigenvalue weighted by Crippen LogP contribution is -2.30. The van der Waals surface area contributed by atoms with Crippen LogP contribution in [0.25, 0.3) is 11.4 Å². The number of oxime groups is 1. The number of amides is 2. The van der Waals surface area contributed by atoms with Crippen LogP contribution in [0.15, 0.2) is 70.6 Å². The largest absolute Gasteiger partial charge is 0.491 e. The Morgan fingerprint density at radius 3 is 1.76 bits per heavy atom. The van der Waals surface area contributed by atoms with E-state index in [1.807, 2.05) is 0 Å². The first-order valence-electron chi connectivity index (χ1n) is 16.6. The second kappa shape index (κ2) is 18.6. The number of aromatic nitrogens is 6. The van der Waals surface area contributed by atoms with Crippen molar-refractivity contribution in [1.29, 1.82) is 0 Å². The molecule has 5 aromatic rings. The van der Waals surface area contributed by atoms with Crippen molar-refractivity contribution in [3.8, 4) is 22.9 Å². The van der Waals surface area contributed by atoms with Gasteiger partial charge in [-0.05, 0) is 24.3 Å². The van der Waals surface area contributed by atoms with Crippen LogP contribution in [0.4, 0.5) is 26.3 Å². The minimum atomic E-state index is -3.57. The number of hydrogen-bond donors (Lipinski definition) is 4. The van der Waals surface area contributed by atoms with Crippen LogP contribution < -0.4 is 25.8 Å².